The summed E-state index contributed by atoms with van der Waals surface area (Å²) in [4.78, 5) is 25.7. The molecule has 0 spiro atoms. The summed E-state index contributed by atoms with van der Waals surface area (Å²) >= 11 is 0. The second-order valence-corrected chi connectivity index (χ2v) is 10.0. The predicted octanol–water partition coefficient (Wildman–Crippen LogP) is 3.94. The zero-order valence-electron chi connectivity index (χ0n) is 22.4. The van der Waals surface area contributed by atoms with Crippen molar-refractivity contribution in [1.82, 2.24) is 14.5 Å². The van der Waals surface area contributed by atoms with Gasteiger partial charge in [0.25, 0.3) is 0 Å². The Bertz CT molecular complexity index is 1210. The van der Waals surface area contributed by atoms with E-state index in [-0.39, 0.29) is 12.2 Å². The number of hydrogen-bond acceptors (Lipinski definition) is 6. The van der Waals surface area contributed by atoms with Crippen molar-refractivity contribution in [3.8, 4) is 0 Å². The number of piperidine rings is 1. The van der Waals surface area contributed by atoms with Gasteiger partial charge in [-0.05, 0) is 55.8 Å². The lowest BCUT2D eigenvalue weighted by Crippen LogP contribution is -2.35. The zero-order chi connectivity index (χ0) is 27.6. The molecule has 0 radical (unpaired) electrons. The number of aromatic nitrogens is 2. The van der Waals surface area contributed by atoms with Crippen molar-refractivity contribution in [3.05, 3.63) is 89.0 Å². The molecule has 2 aliphatic rings. The lowest BCUT2D eigenvalue weighted by atomic mass is 10.00. The van der Waals surface area contributed by atoms with E-state index in [0.29, 0.717) is 6.61 Å². The highest BCUT2D eigenvalue weighted by atomic mass is 16.5. The second-order valence-electron chi connectivity index (χ2n) is 10.0. The largest absolute Gasteiger partial charge is 0.473 e. The van der Waals surface area contributed by atoms with Crippen molar-refractivity contribution in [2.45, 2.75) is 57.5 Å². The van der Waals surface area contributed by atoms with Gasteiger partial charge in [0.2, 0.25) is 0 Å². The van der Waals surface area contributed by atoms with Crippen LogP contribution >= 0.6 is 0 Å². The van der Waals surface area contributed by atoms with Gasteiger partial charge in [-0.1, -0.05) is 54.6 Å². The van der Waals surface area contributed by atoms with Crippen LogP contribution < -0.4 is 0 Å². The van der Waals surface area contributed by atoms with E-state index in [1.807, 2.05) is 6.07 Å². The molecule has 9 nitrogen and oxygen atoms in total. The molecule has 3 heterocycles. The first-order chi connectivity index (χ1) is 18.9. The van der Waals surface area contributed by atoms with Crippen LogP contribution in [0.15, 0.2) is 60.8 Å². The van der Waals surface area contributed by atoms with Crippen LogP contribution in [0.5, 0.6) is 0 Å². The van der Waals surface area contributed by atoms with E-state index in [2.05, 4.69) is 71.2 Å². The summed E-state index contributed by atoms with van der Waals surface area (Å²) in [5.74, 6) is -2.58. The average Bonchev–Trinajstić information content (AvgIpc) is 3.29. The smallest absolute Gasteiger partial charge is 0.414 e. The third-order valence-corrected chi connectivity index (χ3v) is 7.06. The standard InChI is InChI=1S/C28H35N3O2.C2H2O4/c1-30-16-14-25(15-17-30)33-27-26-12-6-5-10-23(26)13-18-31-20-24(29-28(27)31)11-7-19-32-21-22-8-3-2-4-9-22;3-1(4)2(5)6/h2-6,8-10,12,20,25,27H,7,11,13-19,21H2,1H3;(H,3,4)(H,5,6). The molecule has 0 saturated carbocycles. The molecule has 208 valence electrons. The monoisotopic (exact) mass is 535 g/mol. The first-order valence-corrected chi connectivity index (χ1v) is 13.5. The summed E-state index contributed by atoms with van der Waals surface area (Å²) in [6.45, 7) is 4.57. The van der Waals surface area contributed by atoms with Crippen molar-refractivity contribution < 1.29 is 29.3 Å². The van der Waals surface area contributed by atoms with Gasteiger partial charge in [-0.3, -0.25) is 0 Å². The number of aliphatic carboxylic acids is 2. The Morgan fingerprint density at radius 2 is 1.67 bits per heavy atom. The molecule has 1 atom stereocenters. The summed E-state index contributed by atoms with van der Waals surface area (Å²) in [6.07, 6.45) is 7.54. The second kappa shape index (κ2) is 14.0. The van der Waals surface area contributed by atoms with Gasteiger partial charge in [0.15, 0.2) is 0 Å². The van der Waals surface area contributed by atoms with Crippen molar-refractivity contribution in [2.24, 2.45) is 0 Å². The van der Waals surface area contributed by atoms with Crippen LogP contribution in [-0.4, -0.2) is 69.5 Å². The van der Waals surface area contributed by atoms with E-state index in [1.165, 1.54) is 16.7 Å². The van der Waals surface area contributed by atoms with Crippen molar-refractivity contribution in [2.75, 3.05) is 26.7 Å². The normalized spacial score (nSPS) is 17.3. The number of carboxylic acid groups (broad SMARTS) is 2. The summed E-state index contributed by atoms with van der Waals surface area (Å²) < 4.78 is 15.0. The number of ether oxygens (including phenoxy) is 2. The average molecular weight is 536 g/mol. The molecular weight excluding hydrogens is 498 g/mol. The van der Waals surface area contributed by atoms with Crippen molar-refractivity contribution in [3.63, 3.8) is 0 Å². The fourth-order valence-electron chi connectivity index (χ4n) is 4.96. The quantitative estimate of drug-likeness (QED) is 0.329. The van der Waals surface area contributed by atoms with E-state index in [0.717, 1.165) is 69.9 Å². The number of likely N-dealkylation sites (tertiary alicyclic amines) is 1. The van der Waals surface area contributed by atoms with Crippen LogP contribution in [0, 0.1) is 0 Å². The summed E-state index contributed by atoms with van der Waals surface area (Å²) in [5, 5.41) is 14.8. The van der Waals surface area contributed by atoms with Gasteiger partial charge in [-0.15, -0.1) is 0 Å². The number of fused-ring (bicyclic) bond motifs is 2. The molecule has 1 unspecified atom stereocenters. The number of aryl methyl sites for hydroxylation is 3. The number of benzene rings is 2. The molecular formula is C30H37N3O6. The maximum atomic E-state index is 9.10. The van der Waals surface area contributed by atoms with Crippen LogP contribution in [-0.2, 0) is 45.1 Å². The third kappa shape index (κ3) is 8.23. The minimum Gasteiger partial charge on any atom is -0.473 e. The maximum absolute atomic E-state index is 9.10. The predicted molar refractivity (Wildman–Crippen MR) is 146 cm³/mol. The lowest BCUT2D eigenvalue weighted by molar-refractivity contribution is -0.159. The van der Waals surface area contributed by atoms with Gasteiger partial charge >= 0.3 is 11.9 Å². The molecule has 3 aromatic rings. The molecule has 0 aliphatic carbocycles. The Hall–Kier alpha value is -3.53. The molecule has 2 aliphatic heterocycles. The molecule has 0 amide bonds. The molecule has 9 heteroatoms. The summed E-state index contributed by atoms with van der Waals surface area (Å²) in [5.41, 5.74) is 5.04. The Morgan fingerprint density at radius 1 is 0.974 bits per heavy atom. The SMILES string of the molecule is CN1CCC(OC2c3ccccc3CCn3cc(CCCOCc4ccccc4)nc32)CC1.O=C(O)C(=O)O. The fraction of sp³-hybridized carbons (Fsp3) is 0.433. The number of carbonyl (C=O) groups is 2. The molecule has 1 fully saturated rings. The molecule has 5 rings (SSSR count). The minimum absolute atomic E-state index is 0.0832. The van der Waals surface area contributed by atoms with Gasteiger partial charge in [-0.25, -0.2) is 14.6 Å². The molecule has 1 saturated heterocycles. The summed E-state index contributed by atoms with van der Waals surface area (Å²) in [7, 11) is 2.19. The van der Waals surface area contributed by atoms with Gasteiger partial charge in [0, 0.05) is 32.4 Å². The zero-order valence-corrected chi connectivity index (χ0v) is 22.4. The fourth-order valence-corrected chi connectivity index (χ4v) is 4.96. The Labute approximate surface area is 229 Å². The minimum atomic E-state index is -1.82. The van der Waals surface area contributed by atoms with Gasteiger partial charge in [0.1, 0.15) is 11.9 Å². The highest BCUT2D eigenvalue weighted by Gasteiger charge is 2.30. The number of rotatable bonds is 8. The molecule has 2 aromatic carbocycles. The van der Waals surface area contributed by atoms with E-state index in [4.69, 9.17) is 34.3 Å². The topological polar surface area (TPSA) is 114 Å². The first-order valence-electron chi connectivity index (χ1n) is 13.5. The van der Waals surface area contributed by atoms with Gasteiger partial charge in [0.05, 0.1) is 18.4 Å². The van der Waals surface area contributed by atoms with Crippen LogP contribution in [0.1, 0.15) is 53.6 Å². The molecule has 2 N–H and O–H groups in total. The van der Waals surface area contributed by atoms with Gasteiger partial charge in [-0.2, -0.15) is 0 Å². The number of carboxylic acids is 2. The van der Waals surface area contributed by atoms with E-state index in [1.54, 1.807) is 0 Å². The number of hydrogen-bond donors (Lipinski definition) is 2. The third-order valence-electron chi connectivity index (χ3n) is 7.06. The molecule has 0 bridgehead atoms. The van der Waals surface area contributed by atoms with Crippen LogP contribution in [0.4, 0.5) is 0 Å². The summed E-state index contributed by atoms with van der Waals surface area (Å²) in [6, 6.07) is 19.1. The van der Waals surface area contributed by atoms with Crippen LogP contribution in [0.25, 0.3) is 0 Å². The Balaban J connectivity index is 0.000000531. The molecule has 1 aromatic heterocycles. The number of imidazole rings is 1. The Morgan fingerprint density at radius 3 is 2.38 bits per heavy atom. The van der Waals surface area contributed by atoms with E-state index < -0.39 is 11.9 Å². The van der Waals surface area contributed by atoms with E-state index >= 15 is 0 Å². The first kappa shape index (κ1) is 28.5. The van der Waals surface area contributed by atoms with Crippen LogP contribution in [0.2, 0.25) is 0 Å². The molecule has 39 heavy (non-hydrogen) atoms. The van der Waals surface area contributed by atoms with Crippen molar-refractivity contribution in [1.29, 1.82) is 0 Å². The highest BCUT2D eigenvalue weighted by Crippen LogP contribution is 2.34. The lowest BCUT2D eigenvalue weighted by Gasteiger charge is -2.32. The van der Waals surface area contributed by atoms with Crippen LogP contribution in [0.3, 0.4) is 0 Å². The maximum Gasteiger partial charge on any atom is 0.414 e. The van der Waals surface area contributed by atoms with Gasteiger partial charge < -0.3 is 29.2 Å². The van der Waals surface area contributed by atoms with Crippen molar-refractivity contribution >= 4 is 11.9 Å². The Kier molecular flexibility index (Phi) is 10.2. The van der Waals surface area contributed by atoms with E-state index in [9.17, 15) is 0 Å². The highest BCUT2D eigenvalue weighted by molar-refractivity contribution is 6.27. The number of nitrogens with zero attached hydrogens (tertiary/aromatic N) is 3.